The molecule has 0 aromatic heterocycles. The fourth-order valence-electron chi connectivity index (χ4n) is 2.95. The Labute approximate surface area is 150 Å². The lowest BCUT2D eigenvalue weighted by atomic mass is 9.81. The van der Waals surface area contributed by atoms with E-state index in [2.05, 4.69) is 22.0 Å². The summed E-state index contributed by atoms with van der Waals surface area (Å²) in [6, 6.07) is 7.60. The van der Waals surface area contributed by atoms with Crippen LogP contribution in [0.3, 0.4) is 0 Å². The summed E-state index contributed by atoms with van der Waals surface area (Å²) in [5.74, 6) is 0.256. The summed E-state index contributed by atoms with van der Waals surface area (Å²) < 4.78 is 6.55. The first-order chi connectivity index (χ1) is 10.9. The van der Waals surface area contributed by atoms with E-state index in [0.717, 1.165) is 36.6 Å². The minimum absolute atomic E-state index is 0.201. The van der Waals surface area contributed by atoms with E-state index < -0.39 is 11.6 Å². The first-order valence-electron chi connectivity index (χ1n) is 7.70. The highest BCUT2D eigenvalue weighted by molar-refractivity contribution is 9.10. The predicted molar refractivity (Wildman–Crippen MR) is 93.4 cm³/mol. The van der Waals surface area contributed by atoms with Gasteiger partial charge in [-0.2, -0.15) is 5.26 Å². The zero-order chi connectivity index (χ0) is 17.0. The van der Waals surface area contributed by atoms with E-state index in [0.29, 0.717) is 10.8 Å². The Hall–Kier alpha value is -1.25. The molecule has 0 bridgehead atoms. The number of carbonyl (C=O) groups excluding carboxylic acids is 1. The molecule has 0 N–H and O–H groups in total. The van der Waals surface area contributed by atoms with E-state index in [1.165, 1.54) is 0 Å². The number of hydrogen-bond acceptors (Lipinski definition) is 3. The van der Waals surface area contributed by atoms with Gasteiger partial charge in [0.1, 0.15) is 11.3 Å². The molecular formula is C17H20BrClN2O2. The Balaban J connectivity index is 2.10. The Bertz CT molecular complexity index is 624. The molecule has 23 heavy (non-hydrogen) atoms. The number of benzene rings is 1. The summed E-state index contributed by atoms with van der Waals surface area (Å²) in [4.78, 5) is 14.2. The quantitative estimate of drug-likeness (QED) is 0.746. The van der Waals surface area contributed by atoms with Crippen LogP contribution in [0.2, 0.25) is 5.02 Å². The van der Waals surface area contributed by atoms with Crippen LogP contribution in [-0.4, -0.2) is 29.5 Å². The Morgan fingerprint density at radius 3 is 2.65 bits per heavy atom. The number of rotatable bonds is 4. The molecule has 0 radical (unpaired) electrons. The summed E-state index contributed by atoms with van der Waals surface area (Å²) in [5.41, 5.74) is -0.712. The van der Waals surface area contributed by atoms with Crippen molar-refractivity contribution in [2.24, 2.45) is 0 Å². The second-order valence-corrected chi connectivity index (χ2v) is 7.26. The van der Waals surface area contributed by atoms with Crippen molar-refractivity contribution in [3.63, 3.8) is 0 Å². The number of amides is 1. The van der Waals surface area contributed by atoms with Gasteiger partial charge in [-0.05, 0) is 38.0 Å². The monoisotopic (exact) mass is 398 g/mol. The van der Waals surface area contributed by atoms with Crippen molar-refractivity contribution in [2.45, 2.75) is 50.7 Å². The lowest BCUT2D eigenvalue weighted by Crippen LogP contribution is -2.53. The molecule has 0 unspecified atom stereocenters. The maximum atomic E-state index is 12.7. The zero-order valence-corrected chi connectivity index (χ0v) is 15.7. The van der Waals surface area contributed by atoms with Crippen molar-refractivity contribution in [3.8, 4) is 11.8 Å². The second kappa shape index (κ2) is 7.55. The van der Waals surface area contributed by atoms with Gasteiger partial charge in [0.05, 0.1) is 11.1 Å². The van der Waals surface area contributed by atoms with Crippen LogP contribution < -0.4 is 4.74 Å². The number of hydrogen-bond donors (Lipinski definition) is 0. The molecule has 1 aliphatic carbocycles. The summed E-state index contributed by atoms with van der Waals surface area (Å²) in [6.07, 6.45) is 3.80. The molecule has 1 fully saturated rings. The van der Waals surface area contributed by atoms with Crippen LogP contribution in [0.1, 0.15) is 39.0 Å². The van der Waals surface area contributed by atoms with Gasteiger partial charge in [-0.3, -0.25) is 4.79 Å². The predicted octanol–water partition coefficient (Wildman–Crippen LogP) is 4.55. The van der Waals surface area contributed by atoms with Crippen LogP contribution in [0.15, 0.2) is 22.7 Å². The highest BCUT2D eigenvalue weighted by atomic mass is 79.9. The van der Waals surface area contributed by atoms with E-state index in [1.807, 2.05) is 0 Å². The fourth-order valence-corrected chi connectivity index (χ4v) is 3.67. The number of nitrogens with zero attached hydrogens (tertiary/aromatic N) is 2. The van der Waals surface area contributed by atoms with Crippen LogP contribution in [0.5, 0.6) is 5.75 Å². The first-order valence-corrected chi connectivity index (χ1v) is 8.87. The third-order valence-electron chi connectivity index (χ3n) is 4.41. The Kier molecular flexibility index (Phi) is 5.94. The minimum atomic E-state index is -0.712. The molecule has 1 aliphatic rings. The SMILES string of the molecule is C[C@H](Oc1ccc(Br)cc1Cl)C(=O)N(C)C1(C#N)CCCCC1. The molecule has 1 atom stereocenters. The third kappa shape index (κ3) is 3.99. The highest BCUT2D eigenvalue weighted by Crippen LogP contribution is 2.33. The normalized spacial score (nSPS) is 17.9. The summed E-state index contributed by atoms with van der Waals surface area (Å²) in [5, 5.41) is 10.0. The molecule has 1 saturated carbocycles. The maximum absolute atomic E-state index is 12.7. The number of ether oxygens (including phenoxy) is 1. The van der Waals surface area contributed by atoms with Crippen molar-refractivity contribution >= 4 is 33.4 Å². The molecule has 0 aliphatic heterocycles. The van der Waals surface area contributed by atoms with E-state index >= 15 is 0 Å². The first kappa shape index (κ1) is 18.1. The number of nitriles is 1. The average molecular weight is 400 g/mol. The Morgan fingerprint density at radius 1 is 1.43 bits per heavy atom. The second-order valence-electron chi connectivity index (χ2n) is 5.94. The summed E-state index contributed by atoms with van der Waals surface area (Å²) >= 11 is 9.46. The highest BCUT2D eigenvalue weighted by Gasteiger charge is 2.40. The van der Waals surface area contributed by atoms with Crippen molar-refractivity contribution in [2.75, 3.05) is 7.05 Å². The molecule has 4 nitrogen and oxygen atoms in total. The number of halogens is 2. The smallest absolute Gasteiger partial charge is 0.264 e. The van der Waals surface area contributed by atoms with E-state index in [4.69, 9.17) is 16.3 Å². The molecular weight excluding hydrogens is 380 g/mol. The van der Waals surface area contributed by atoms with Gasteiger partial charge in [0, 0.05) is 11.5 Å². The van der Waals surface area contributed by atoms with Crippen LogP contribution in [0, 0.1) is 11.3 Å². The Morgan fingerprint density at radius 2 is 2.09 bits per heavy atom. The molecule has 0 heterocycles. The molecule has 1 aromatic rings. The number of carbonyl (C=O) groups is 1. The van der Waals surface area contributed by atoms with Crippen molar-refractivity contribution < 1.29 is 9.53 Å². The van der Waals surface area contributed by atoms with E-state index in [-0.39, 0.29) is 5.91 Å². The van der Waals surface area contributed by atoms with Crippen molar-refractivity contribution in [3.05, 3.63) is 27.7 Å². The van der Waals surface area contributed by atoms with Crippen molar-refractivity contribution in [1.29, 1.82) is 5.26 Å². The van der Waals surface area contributed by atoms with Gasteiger partial charge in [-0.1, -0.05) is 46.8 Å². The van der Waals surface area contributed by atoms with Gasteiger partial charge in [0.15, 0.2) is 6.10 Å². The van der Waals surface area contributed by atoms with Crippen LogP contribution in [0.4, 0.5) is 0 Å². The lowest BCUT2D eigenvalue weighted by Gasteiger charge is -2.40. The maximum Gasteiger partial charge on any atom is 0.264 e. The summed E-state index contributed by atoms with van der Waals surface area (Å²) in [6.45, 7) is 1.69. The molecule has 1 amide bonds. The van der Waals surface area contributed by atoms with Gasteiger partial charge >= 0.3 is 0 Å². The largest absolute Gasteiger partial charge is 0.479 e. The topological polar surface area (TPSA) is 53.3 Å². The van der Waals surface area contributed by atoms with Crippen LogP contribution >= 0.6 is 27.5 Å². The van der Waals surface area contributed by atoms with Gasteiger partial charge in [-0.25, -0.2) is 0 Å². The standard InChI is InChI=1S/C17H20BrClN2O2/c1-12(23-15-7-6-13(18)10-14(15)19)16(22)21(2)17(11-20)8-4-3-5-9-17/h6-7,10,12H,3-5,8-9H2,1-2H3/t12-/m0/s1. The lowest BCUT2D eigenvalue weighted by molar-refractivity contribution is -0.141. The minimum Gasteiger partial charge on any atom is -0.479 e. The molecule has 0 saturated heterocycles. The molecule has 0 spiro atoms. The summed E-state index contributed by atoms with van der Waals surface area (Å²) in [7, 11) is 1.69. The average Bonchev–Trinajstić information content (AvgIpc) is 2.56. The molecule has 124 valence electrons. The zero-order valence-electron chi connectivity index (χ0n) is 13.3. The van der Waals surface area contributed by atoms with E-state index in [9.17, 15) is 10.1 Å². The molecule has 6 heteroatoms. The molecule has 1 aromatic carbocycles. The van der Waals surface area contributed by atoms with Gasteiger partial charge in [0.25, 0.3) is 5.91 Å². The van der Waals surface area contributed by atoms with E-state index in [1.54, 1.807) is 37.1 Å². The van der Waals surface area contributed by atoms with Gasteiger partial charge in [0.2, 0.25) is 0 Å². The van der Waals surface area contributed by atoms with Crippen LogP contribution in [0.25, 0.3) is 0 Å². The third-order valence-corrected chi connectivity index (χ3v) is 5.20. The molecule has 2 rings (SSSR count). The van der Waals surface area contributed by atoms with Gasteiger partial charge < -0.3 is 9.64 Å². The number of likely N-dealkylation sites (N-methyl/N-ethyl adjacent to an activating group) is 1. The van der Waals surface area contributed by atoms with Gasteiger partial charge in [-0.15, -0.1) is 0 Å². The fraction of sp³-hybridized carbons (Fsp3) is 0.529. The van der Waals surface area contributed by atoms with Crippen LogP contribution in [-0.2, 0) is 4.79 Å². The van der Waals surface area contributed by atoms with Crippen molar-refractivity contribution in [1.82, 2.24) is 4.90 Å².